The number of carbonyl (C=O) groups is 1. The molecule has 0 bridgehead atoms. The molecule has 0 atom stereocenters. The first-order valence-electron chi connectivity index (χ1n) is 5.67. The van der Waals surface area contributed by atoms with Crippen molar-refractivity contribution in [1.29, 1.82) is 0 Å². The third kappa shape index (κ3) is 3.20. The van der Waals surface area contributed by atoms with E-state index in [0.29, 0.717) is 6.54 Å². The van der Waals surface area contributed by atoms with Gasteiger partial charge in [0.1, 0.15) is 5.02 Å². The van der Waals surface area contributed by atoms with Gasteiger partial charge in [-0.05, 0) is 12.5 Å². The molecule has 0 aliphatic carbocycles. The number of nitro groups is 1. The van der Waals surface area contributed by atoms with E-state index in [0.717, 1.165) is 12.8 Å². The molecule has 1 aromatic carbocycles. The quantitative estimate of drug-likeness (QED) is 0.610. The van der Waals surface area contributed by atoms with Gasteiger partial charge >= 0.3 is 0 Å². The number of hydrogen-bond acceptors (Lipinski definition) is 3. The number of halogens is 1. The molecule has 1 rings (SSSR count). The molecule has 0 aliphatic heterocycles. The van der Waals surface area contributed by atoms with Crippen molar-refractivity contribution in [3.63, 3.8) is 0 Å². The molecular weight excluding hydrogens is 256 g/mol. The summed E-state index contributed by atoms with van der Waals surface area (Å²) in [5.74, 6) is -0.294. The first-order chi connectivity index (χ1) is 8.49. The lowest BCUT2D eigenvalue weighted by Crippen LogP contribution is -2.28. The van der Waals surface area contributed by atoms with Crippen LogP contribution in [0.4, 0.5) is 5.69 Å². The minimum atomic E-state index is -0.592. The van der Waals surface area contributed by atoms with Crippen LogP contribution in [0.5, 0.6) is 0 Å². The summed E-state index contributed by atoms with van der Waals surface area (Å²) in [7, 11) is 1.66. The van der Waals surface area contributed by atoms with E-state index in [1.807, 2.05) is 6.92 Å². The van der Waals surface area contributed by atoms with Crippen LogP contribution in [-0.2, 0) is 0 Å². The van der Waals surface area contributed by atoms with E-state index in [1.54, 1.807) is 7.05 Å². The van der Waals surface area contributed by atoms with Crippen molar-refractivity contribution < 1.29 is 9.72 Å². The minimum Gasteiger partial charge on any atom is -0.342 e. The van der Waals surface area contributed by atoms with Crippen molar-refractivity contribution in [3.05, 3.63) is 38.9 Å². The summed E-state index contributed by atoms with van der Waals surface area (Å²) in [4.78, 5) is 23.7. The molecule has 0 radical (unpaired) electrons. The van der Waals surface area contributed by atoms with Gasteiger partial charge in [-0.25, -0.2) is 0 Å². The topological polar surface area (TPSA) is 63.5 Å². The molecule has 0 N–H and O–H groups in total. The Balaban J connectivity index is 2.99. The van der Waals surface area contributed by atoms with E-state index >= 15 is 0 Å². The Morgan fingerprint density at radius 1 is 1.50 bits per heavy atom. The maximum absolute atomic E-state index is 12.1. The van der Waals surface area contributed by atoms with Crippen molar-refractivity contribution in [2.75, 3.05) is 13.6 Å². The van der Waals surface area contributed by atoms with Gasteiger partial charge in [-0.3, -0.25) is 14.9 Å². The maximum Gasteiger partial charge on any atom is 0.288 e. The molecule has 0 fully saturated rings. The highest BCUT2D eigenvalue weighted by Gasteiger charge is 2.21. The number of amides is 1. The average Bonchev–Trinajstić information content (AvgIpc) is 2.35. The molecule has 18 heavy (non-hydrogen) atoms. The Hall–Kier alpha value is -1.62. The lowest BCUT2D eigenvalue weighted by molar-refractivity contribution is -0.384. The number of hydrogen-bond donors (Lipinski definition) is 0. The van der Waals surface area contributed by atoms with Crippen molar-refractivity contribution >= 4 is 23.2 Å². The van der Waals surface area contributed by atoms with Gasteiger partial charge in [0.15, 0.2) is 0 Å². The summed E-state index contributed by atoms with van der Waals surface area (Å²) >= 11 is 5.89. The summed E-state index contributed by atoms with van der Waals surface area (Å²) in [6, 6.07) is 4.25. The predicted molar refractivity (Wildman–Crippen MR) is 70.0 cm³/mol. The van der Waals surface area contributed by atoms with Gasteiger partial charge in [0.2, 0.25) is 0 Å². The van der Waals surface area contributed by atoms with Crippen LogP contribution in [0.15, 0.2) is 18.2 Å². The summed E-state index contributed by atoms with van der Waals surface area (Å²) in [5, 5.41) is 10.6. The summed E-state index contributed by atoms with van der Waals surface area (Å²) in [6.07, 6.45) is 1.86. The second-order valence-electron chi connectivity index (χ2n) is 3.98. The lowest BCUT2D eigenvalue weighted by Gasteiger charge is -2.17. The van der Waals surface area contributed by atoms with Crippen LogP contribution < -0.4 is 0 Å². The molecule has 1 amide bonds. The fourth-order valence-electron chi connectivity index (χ4n) is 1.53. The maximum atomic E-state index is 12.1. The lowest BCUT2D eigenvalue weighted by atomic mass is 10.1. The van der Waals surface area contributed by atoms with E-state index in [9.17, 15) is 14.9 Å². The molecule has 0 aliphatic rings. The van der Waals surface area contributed by atoms with Gasteiger partial charge in [0.25, 0.3) is 11.6 Å². The van der Waals surface area contributed by atoms with Crippen LogP contribution in [-0.4, -0.2) is 29.3 Å². The molecule has 0 unspecified atom stereocenters. The summed E-state index contributed by atoms with van der Waals surface area (Å²) in [5.41, 5.74) is -0.0733. The van der Waals surface area contributed by atoms with Crippen LogP contribution in [0.1, 0.15) is 30.1 Å². The van der Waals surface area contributed by atoms with Gasteiger partial charge in [-0.15, -0.1) is 0 Å². The number of carbonyl (C=O) groups excluding carboxylic acids is 1. The highest BCUT2D eigenvalue weighted by molar-refractivity contribution is 6.35. The molecule has 6 heteroatoms. The fourth-order valence-corrected chi connectivity index (χ4v) is 1.80. The Morgan fingerprint density at radius 3 is 2.72 bits per heavy atom. The van der Waals surface area contributed by atoms with Gasteiger partial charge in [0.05, 0.1) is 10.5 Å². The van der Waals surface area contributed by atoms with E-state index in [2.05, 4.69) is 0 Å². The zero-order chi connectivity index (χ0) is 13.7. The zero-order valence-corrected chi connectivity index (χ0v) is 11.1. The highest BCUT2D eigenvalue weighted by Crippen LogP contribution is 2.28. The fraction of sp³-hybridized carbons (Fsp3) is 0.417. The number of nitrogens with zero attached hydrogens (tertiary/aromatic N) is 2. The van der Waals surface area contributed by atoms with Crippen molar-refractivity contribution in [1.82, 2.24) is 4.90 Å². The van der Waals surface area contributed by atoms with Gasteiger partial charge in [-0.2, -0.15) is 0 Å². The van der Waals surface area contributed by atoms with E-state index in [1.165, 1.54) is 23.1 Å². The Morgan fingerprint density at radius 2 is 2.17 bits per heavy atom. The number of rotatable bonds is 5. The van der Waals surface area contributed by atoms with Crippen LogP contribution in [0.2, 0.25) is 5.02 Å². The summed E-state index contributed by atoms with van der Waals surface area (Å²) in [6.45, 7) is 2.63. The molecule has 0 saturated carbocycles. The number of benzene rings is 1. The Labute approximate surface area is 110 Å². The van der Waals surface area contributed by atoms with E-state index in [4.69, 9.17) is 11.6 Å². The first-order valence-corrected chi connectivity index (χ1v) is 6.05. The van der Waals surface area contributed by atoms with Crippen LogP contribution in [0.25, 0.3) is 0 Å². The second kappa shape index (κ2) is 6.35. The van der Waals surface area contributed by atoms with Gasteiger partial charge in [0, 0.05) is 19.7 Å². The number of nitro benzene ring substituents is 1. The molecule has 0 heterocycles. The second-order valence-corrected chi connectivity index (χ2v) is 4.35. The predicted octanol–water partition coefficient (Wildman–Crippen LogP) is 3.12. The average molecular weight is 271 g/mol. The largest absolute Gasteiger partial charge is 0.342 e. The summed E-state index contributed by atoms with van der Waals surface area (Å²) < 4.78 is 0. The van der Waals surface area contributed by atoms with Gasteiger partial charge in [-0.1, -0.05) is 31.0 Å². The Bertz CT molecular complexity index is 463. The standard InChI is InChI=1S/C12H15ClN2O3/c1-3-4-8-14(2)12(16)9-6-5-7-10(11(9)13)15(17)18/h5-7H,3-4,8H2,1-2H3. The first kappa shape index (κ1) is 14.4. The molecule has 0 aromatic heterocycles. The van der Waals surface area contributed by atoms with Crippen LogP contribution in [0.3, 0.4) is 0 Å². The smallest absolute Gasteiger partial charge is 0.288 e. The Kier molecular flexibility index (Phi) is 5.09. The monoisotopic (exact) mass is 270 g/mol. The number of unbranched alkanes of at least 4 members (excludes halogenated alkanes) is 1. The third-order valence-corrected chi connectivity index (χ3v) is 3.00. The van der Waals surface area contributed by atoms with Crippen LogP contribution in [0, 0.1) is 10.1 Å². The third-order valence-electron chi connectivity index (χ3n) is 2.60. The molecule has 5 nitrogen and oxygen atoms in total. The normalized spacial score (nSPS) is 10.2. The molecule has 98 valence electrons. The molecule has 1 aromatic rings. The van der Waals surface area contributed by atoms with Crippen molar-refractivity contribution in [2.45, 2.75) is 19.8 Å². The van der Waals surface area contributed by atoms with Crippen molar-refractivity contribution in [2.24, 2.45) is 0 Å². The van der Waals surface area contributed by atoms with E-state index in [-0.39, 0.29) is 22.2 Å². The molecular formula is C12H15ClN2O3. The molecule has 0 spiro atoms. The minimum absolute atomic E-state index is 0.101. The SMILES string of the molecule is CCCCN(C)C(=O)c1cccc([N+](=O)[O-])c1Cl. The molecule has 0 saturated heterocycles. The highest BCUT2D eigenvalue weighted by atomic mass is 35.5. The zero-order valence-electron chi connectivity index (χ0n) is 10.4. The van der Waals surface area contributed by atoms with Crippen LogP contribution >= 0.6 is 11.6 Å². The van der Waals surface area contributed by atoms with Gasteiger partial charge < -0.3 is 4.90 Å². The van der Waals surface area contributed by atoms with Crippen molar-refractivity contribution in [3.8, 4) is 0 Å². The van der Waals surface area contributed by atoms with E-state index < -0.39 is 4.92 Å².